The smallest absolute Gasteiger partial charge is 0.451 e. The molecule has 1 amide bonds. The number of nitrogens with two attached hydrogens (primary N) is 1. The second-order valence-corrected chi connectivity index (χ2v) is 8.43. The summed E-state index contributed by atoms with van der Waals surface area (Å²) >= 11 is 0. The van der Waals surface area contributed by atoms with Crippen molar-refractivity contribution in [2.45, 2.75) is 71.0 Å². The summed E-state index contributed by atoms with van der Waals surface area (Å²) in [4.78, 5) is 27.5. The van der Waals surface area contributed by atoms with Gasteiger partial charge in [-0.05, 0) is 51.9 Å². The summed E-state index contributed by atoms with van der Waals surface area (Å²) in [5.74, 6) is -0.144. The maximum atomic E-state index is 13.0. The molecule has 7 nitrogen and oxygen atoms in total. The van der Waals surface area contributed by atoms with Crippen molar-refractivity contribution < 1.29 is 24.4 Å². The van der Waals surface area contributed by atoms with Crippen molar-refractivity contribution in [1.29, 1.82) is 0 Å². The lowest BCUT2D eigenvalue weighted by molar-refractivity contribution is -0.160. The van der Waals surface area contributed by atoms with Crippen molar-refractivity contribution >= 4 is 19.0 Å². The normalized spacial score (nSPS) is 28.7. The Balaban J connectivity index is 2.21. The first-order valence-electron chi connectivity index (χ1n) is 10.4. The molecule has 0 bridgehead atoms. The molecule has 0 aromatic rings. The first-order chi connectivity index (χ1) is 12.8. The third-order valence-electron chi connectivity index (χ3n) is 6.47. The molecule has 8 heteroatoms. The second-order valence-electron chi connectivity index (χ2n) is 8.43. The van der Waals surface area contributed by atoms with Crippen LogP contribution in [0.3, 0.4) is 0 Å². The minimum atomic E-state index is -1.34. The van der Waals surface area contributed by atoms with Gasteiger partial charge in [-0.1, -0.05) is 19.3 Å². The van der Waals surface area contributed by atoms with Crippen LogP contribution in [-0.4, -0.2) is 60.2 Å². The molecule has 0 spiro atoms. The number of fused-ring (bicyclic) bond motifs is 1. The SMILES string of the molecule is C[C@@]12CN(C(=O)CCCCN)C[C@@]1(CCCB(O)O)CCCCCOC2=O. The Morgan fingerprint density at radius 2 is 2.00 bits per heavy atom. The fourth-order valence-electron chi connectivity index (χ4n) is 4.71. The number of likely N-dealkylation sites (tertiary alicyclic amines) is 1. The monoisotopic (exact) mass is 382 g/mol. The molecule has 2 aliphatic heterocycles. The van der Waals surface area contributed by atoms with Crippen LogP contribution in [0.4, 0.5) is 0 Å². The molecule has 0 aromatic carbocycles. The zero-order valence-corrected chi connectivity index (χ0v) is 16.6. The van der Waals surface area contributed by atoms with Crippen LogP contribution >= 0.6 is 0 Å². The van der Waals surface area contributed by atoms with Gasteiger partial charge in [-0.15, -0.1) is 0 Å². The molecule has 2 atom stereocenters. The molecule has 0 saturated carbocycles. The number of unbranched alkanes of at least 4 members (excludes halogenated alkanes) is 1. The van der Waals surface area contributed by atoms with E-state index in [0.29, 0.717) is 45.5 Å². The van der Waals surface area contributed by atoms with Crippen LogP contribution in [0.2, 0.25) is 6.32 Å². The Bertz CT molecular complexity index is 518. The van der Waals surface area contributed by atoms with Crippen molar-refractivity contribution in [2.75, 3.05) is 26.2 Å². The van der Waals surface area contributed by atoms with Crippen LogP contribution in [-0.2, 0) is 14.3 Å². The second kappa shape index (κ2) is 9.89. The molecule has 27 heavy (non-hydrogen) atoms. The van der Waals surface area contributed by atoms with E-state index in [1.165, 1.54) is 0 Å². The lowest BCUT2D eigenvalue weighted by Gasteiger charge is -2.40. The van der Waals surface area contributed by atoms with E-state index in [-0.39, 0.29) is 23.6 Å². The van der Waals surface area contributed by atoms with Gasteiger partial charge < -0.3 is 25.4 Å². The average molecular weight is 382 g/mol. The summed E-state index contributed by atoms with van der Waals surface area (Å²) in [6.07, 6.45) is 7.31. The van der Waals surface area contributed by atoms with E-state index in [4.69, 9.17) is 10.5 Å². The Kier molecular flexibility index (Phi) is 8.12. The van der Waals surface area contributed by atoms with Crippen molar-refractivity contribution in [3.05, 3.63) is 0 Å². The number of carbonyl (C=O) groups is 2. The first kappa shape index (κ1) is 22.2. The maximum Gasteiger partial charge on any atom is 0.451 e. The molecular weight excluding hydrogens is 347 g/mol. The van der Waals surface area contributed by atoms with Gasteiger partial charge in [-0.25, -0.2) is 0 Å². The van der Waals surface area contributed by atoms with Gasteiger partial charge in [-0.2, -0.15) is 0 Å². The molecule has 2 rings (SSSR count). The number of nitrogens with zero attached hydrogens (tertiary/aromatic N) is 1. The molecule has 2 fully saturated rings. The maximum absolute atomic E-state index is 13.0. The summed E-state index contributed by atoms with van der Waals surface area (Å²) in [6.45, 7) is 3.87. The molecule has 2 aliphatic rings. The topological polar surface area (TPSA) is 113 Å². The van der Waals surface area contributed by atoms with E-state index >= 15 is 0 Å². The number of hydrogen-bond donors (Lipinski definition) is 3. The predicted octanol–water partition coefficient (Wildman–Crippen LogP) is 1.32. The first-order valence-corrected chi connectivity index (χ1v) is 10.4. The number of esters is 1. The Morgan fingerprint density at radius 3 is 2.70 bits per heavy atom. The predicted molar refractivity (Wildman–Crippen MR) is 104 cm³/mol. The van der Waals surface area contributed by atoms with E-state index < -0.39 is 12.5 Å². The molecular formula is C19H35BN2O5. The van der Waals surface area contributed by atoms with Crippen molar-refractivity contribution in [1.82, 2.24) is 4.90 Å². The van der Waals surface area contributed by atoms with Crippen LogP contribution < -0.4 is 5.73 Å². The molecule has 154 valence electrons. The highest BCUT2D eigenvalue weighted by Gasteiger charge is 2.60. The van der Waals surface area contributed by atoms with Gasteiger partial charge in [-0.3, -0.25) is 9.59 Å². The van der Waals surface area contributed by atoms with Gasteiger partial charge in [0, 0.05) is 24.9 Å². The van der Waals surface area contributed by atoms with Gasteiger partial charge in [0.1, 0.15) is 0 Å². The van der Waals surface area contributed by atoms with Gasteiger partial charge in [0.25, 0.3) is 0 Å². The number of rotatable bonds is 8. The number of carbonyl (C=O) groups excluding carboxylic acids is 2. The molecule has 0 aliphatic carbocycles. The number of hydrogen-bond acceptors (Lipinski definition) is 6. The molecule has 0 radical (unpaired) electrons. The zero-order chi connectivity index (χ0) is 19.9. The van der Waals surface area contributed by atoms with E-state index in [0.717, 1.165) is 38.5 Å². The van der Waals surface area contributed by atoms with Crippen LogP contribution in [0.15, 0.2) is 0 Å². The van der Waals surface area contributed by atoms with Crippen molar-refractivity contribution in [2.24, 2.45) is 16.6 Å². The third kappa shape index (κ3) is 5.24. The van der Waals surface area contributed by atoms with E-state index in [1.807, 2.05) is 11.8 Å². The summed E-state index contributed by atoms with van der Waals surface area (Å²) in [7, 11) is -1.34. The fourth-order valence-corrected chi connectivity index (χ4v) is 4.71. The lowest BCUT2D eigenvalue weighted by atomic mass is 9.61. The van der Waals surface area contributed by atoms with E-state index in [2.05, 4.69) is 0 Å². The van der Waals surface area contributed by atoms with Gasteiger partial charge in [0.05, 0.1) is 12.0 Å². The summed E-state index contributed by atoms with van der Waals surface area (Å²) in [6, 6.07) is 0. The largest absolute Gasteiger partial charge is 0.465 e. The number of ether oxygens (including phenoxy) is 1. The molecule has 2 saturated heterocycles. The number of amides is 1. The standard InChI is InChI=1S/C19H35BN2O5/c1-18-14-22(16(23)8-3-5-12-21)15-19(18,10-7-11-20(25)26)9-4-2-6-13-27-17(18)24/h25-26H,2-15,21H2,1H3/t18-,19-/m0/s1. The Hall–Kier alpha value is -1.12. The summed E-state index contributed by atoms with van der Waals surface area (Å²) in [5.41, 5.74) is 4.41. The van der Waals surface area contributed by atoms with Crippen LogP contribution in [0.25, 0.3) is 0 Å². The third-order valence-corrected chi connectivity index (χ3v) is 6.47. The molecule has 0 unspecified atom stereocenters. The highest BCUT2D eigenvalue weighted by Crippen LogP contribution is 2.54. The van der Waals surface area contributed by atoms with Crippen LogP contribution in [0, 0.1) is 10.8 Å². The van der Waals surface area contributed by atoms with Crippen molar-refractivity contribution in [3.63, 3.8) is 0 Å². The quantitative estimate of drug-likeness (QED) is 0.332. The van der Waals surface area contributed by atoms with Gasteiger partial charge >= 0.3 is 13.1 Å². The Labute approximate surface area is 162 Å². The van der Waals surface area contributed by atoms with Crippen LogP contribution in [0.1, 0.15) is 64.7 Å². The van der Waals surface area contributed by atoms with Gasteiger partial charge in [0.2, 0.25) is 5.91 Å². The average Bonchev–Trinajstić information content (AvgIpc) is 2.93. The minimum absolute atomic E-state index is 0.0728. The van der Waals surface area contributed by atoms with Gasteiger partial charge in [0.15, 0.2) is 0 Å². The van der Waals surface area contributed by atoms with Crippen molar-refractivity contribution in [3.8, 4) is 0 Å². The Morgan fingerprint density at radius 1 is 1.22 bits per heavy atom. The molecule has 4 N–H and O–H groups in total. The highest BCUT2D eigenvalue weighted by molar-refractivity contribution is 6.40. The fraction of sp³-hybridized carbons (Fsp3) is 0.895. The zero-order valence-electron chi connectivity index (χ0n) is 16.6. The van der Waals surface area contributed by atoms with E-state index in [1.54, 1.807) is 0 Å². The summed E-state index contributed by atoms with van der Waals surface area (Å²) in [5, 5.41) is 18.5. The van der Waals surface area contributed by atoms with E-state index in [9.17, 15) is 19.6 Å². The molecule has 2 heterocycles. The lowest BCUT2D eigenvalue weighted by Crippen LogP contribution is -2.46. The molecule has 0 aromatic heterocycles. The summed E-state index contributed by atoms with van der Waals surface area (Å²) < 4.78 is 5.57. The highest BCUT2D eigenvalue weighted by atomic mass is 16.5. The minimum Gasteiger partial charge on any atom is -0.465 e. The van der Waals surface area contributed by atoms with Crippen LogP contribution in [0.5, 0.6) is 0 Å². The number of cyclic esters (lactones) is 1.